The van der Waals surface area contributed by atoms with Gasteiger partial charge in [0.15, 0.2) is 5.96 Å². The van der Waals surface area contributed by atoms with E-state index >= 15 is 0 Å². The van der Waals surface area contributed by atoms with Crippen LogP contribution < -0.4 is 10.6 Å². The van der Waals surface area contributed by atoms with Crippen molar-refractivity contribution < 1.29 is 12.8 Å². The van der Waals surface area contributed by atoms with Crippen molar-refractivity contribution in [3.63, 3.8) is 0 Å². The molecule has 0 bridgehead atoms. The molecule has 1 aromatic rings. The summed E-state index contributed by atoms with van der Waals surface area (Å²) in [6.07, 6.45) is 3.91. The minimum atomic E-state index is -2.97. The standard InChI is InChI=1S/C17H26FN3O2S/c1-13-10-15(18)5-4-14(13)6-9-20-16(19-2)21-11-17(7-8-17)12-24(3,22)23/h4-5,10H,6-9,11-12H2,1-3H3,(H2,19,20,21). The topological polar surface area (TPSA) is 70.6 Å². The van der Waals surface area contributed by atoms with Gasteiger partial charge in [-0.15, -0.1) is 0 Å². The van der Waals surface area contributed by atoms with E-state index < -0.39 is 9.84 Å². The number of benzene rings is 1. The predicted octanol–water partition coefficient (Wildman–Crippen LogP) is 1.67. The molecule has 0 aromatic heterocycles. The number of hydrogen-bond donors (Lipinski definition) is 2. The molecule has 5 nitrogen and oxygen atoms in total. The van der Waals surface area contributed by atoms with Crippen molar-refractivity contribution in [1.29, 1.82) is 0 Å². The number of rotatable bonds is 7. The Balaban J connectivity index is 1.79. The molecule has 1 aliphatic carbocycles. The van der Waals surface area contributed by atoms with Gasteiger partial charge in [0.05, 0.1) is 5.75 Å². The van der Waals surface area contributed by atoms with Gasteiger partial charge in [0, 0.05) is 31.8 Å². The van der Waals surface area contributed by atoms with Crippen molar-refractivity contribution in [2.45, 2.75) is 26.2 Å². The molecule has 0 unspecified atom stereocenters. The Hall–Kier alpha value is -1.63. The highest BCUT2D eigenvalue weighted by molar-refractivity contribution is 7.90. The van der Waals surface area contributed by atoms with Crippen molar-refractivity contribution in [2.24, 2.45) is 10.4 Å². The Bertz CT molecular complexity index is 713. The maximum Gasteiger partial charge on any atom is 0.191 e. The molecule has 0 aliphatic heterocycles. The zero-order valence-electron chi connectivity index (χ0n) is 14.5. The van der Waals surface area contributed by atoms with E-state index in [0.29, 0.717) is 19.0 Å². The van der Waals surface area contributed by atoms with Gasteiger partial charge >= 0.3 is 0 Å². The second kappa shape index (κ2) is 7.51. The summed E-state index contributed by atoms with van der Waals surface area (Å²) in [5.41, 5.74) is 1.89. The molecular formula is C17H26FN3O2S. The fourth-order valence-corrected chi connectivity index (χ4v) is 4.36. The zero-order chi connectivity index (χ0) is 17.8. The van der Waals surface area contributed by atoms with Crippen LogP contribution in [-0.2, 0) is 16.3 Å². The summed E-state index contributed by atoms with van der Waals surface area (Å²) in [5.74, 6) is 0.663. The minimum Gasteiger partial charge on any atom is -0.356 e. The van der Waals surface area contributed by atoms with Gasteiger partial charge in [0.2, 0.25) is 0 Å². The van der Waals surface area contributed by atoms with Crippen molar-refractivity contribution in [3.8, 4) is 0 Å². The third kappa shape index (κ3) is 5.78. The Morgan fingerprint density at radius 1 is 1.33 bits per heavy atom. The van der Waals surface area contributed by atoms with Crippen LogP contribution in [0, 0.1) is 18.2 Å². The molecule has 1 fully saturated rings. The molecule has 1 saturated carbocycles. The predicted molar refractivity (Wildman–Crippen MR) is 95.6 cm³/mol. The van der Waals surface area contributed by atoms with Gasteiger partial charge in [0.25, 0.3) is 0 Å². The quantitative estimate of drug-likeness (QED) is 0.577. The highest BCUT2D eigenvalue weighted by Gasteiger charge is 2.45. The number of aliphatic imine (C=N–C) groups is 1. The molecule has 7 heteroatoms. The molecule has 0 amide bonds. The molecule has 2 rings (SSSR count). The van der Waals surface area contributed by atoms with Crippen LogP contribution in [0.4, 0.5) is 4.39 Å². The first-order valence-corrected chi connectivity index (χ1v) is 10.2. The lowest BCUT2D eigenvalue weighted by Crippen LogP contribution is -2.42. The van der Waals surface area contributed by atoms with E-state index in [1.165, 1.54) is 18.4 Å². The molecule has 0 atom stereocenters. The van der Waals surface area contributed by atoms with Crippen molar-refractivity contribution in [1.82, 2.24) is 10.6 Å². The van der Waals surface area contributed by atoms with Gasteiger partial charge in [0.1, 0.15) is 15.7 Å². The highest BCUT2D eigenvalue weighted by atomic mass is 32.2. The van der Waals surface area contributed by atoms with Gasteiger partial charge < -0.3 is 10.6 Å². The van der Waals surface area contributed by atoms with Crippen LogP contribution in [0.15, 0.2) is 23.2 Å². The molecule has 1 aromatic carbocycles. The average molecular weight is 355 g/mol. The summed E-state index contributed by atoms with van der Waals surface area (Å²) in [5, 5.41) is 6.44. The minimum absolute atomic E-state index is 0.140. The van der Waals surface area contributed by atoms with Crippen molar-refractivity contribution in [3.05, 3.63) is 35.1 Å². The lowest BCUT2D eigenvalue weighted by atomic mass is 10.1. The van der Waals surface area contributed by atoms with Crippen LogP contribution >= 0.6 is 0 Å². The molecule has 0 saturated heterocycles. The summed E-state index contributed by atoms with van der Waals surface area (Å²) < 4.78 is 36.1. The number of nitrogens with one attached hydrogen (secondary N) is 2. The second-order valence-corrected chi connectivity index (χ2v) is 8.88. The van der Waals surface area contributed by atoms with Gasteiger partial charge in [-0.1, -0.05) is 6.07 Å². The van der Waals surface area contributed by atoms with Crippen LogP contribution in [0.25, 0.3) is 0 Å². The maximum atomic E-state index is 13.1. The molecule has 134 valence electrons. The Morgan fingerprint density at radius 3 is 2.58 bits per heavy atom. The van der Waals surface area contributed by atoms with Gasteiger partial charge in [-0.05, 0) is 49.4 Å². The van der Waals surface area contributed by atoms with E-state index in [1.54, 1.807) is 13.1 Å². The second-order valence-electron chi connectivity index (χ2n) is 6.74. The Labute approximate surface area is 143 Å². The molecule has 24 heavy (non-hydrogen) atoms. The van der Waals surface area contributed by atoms with E-state index in [0.717, 1.165) is 30.4 Å². The fourth-order valence-electron chi connectivity index (χ4n) is 2.85. The van der Waals surface area contributed by atoms with E-state index in [-0.39, 0.29) is 17.0 Å². The van der Waals surface area contributed by atoms with Gasteiger partial charge in [-0.2, -0.15) is 0 Å². The summed E-state index contributed by atoms with van der Waals surface area (Å²) in [6, 6.07) is 4.80. The highest BCUT2D eigenvalue weighted by Crippen LogP contribution is 2.45. The third-order valence-corrected chi connectivity index (χ3v) is 5.51. The number of nitrogens with zero attached hydrogens (tertiary/aromatic N) is 1. The van der Waals surface area contributed by atoms with Crippen LogP contribution in [0.2, 0.25) is 0 Å². The fraction of sp³-hybridized carbons (Fsp3) is 0.588. The van der Waals surface area contributed by atoms with E-state index in [4.69, 9.17) is 0 Å². The average Bonchev–Trinajstić information content (AvgIpc) is 3.22. The van der Waals surface area contributed by atoms with Crippen LogP contribution in [-0.4, -0.2) is 46.5 Å². The van der Waals surface area contributed by atoms with Crippen molar-refractivity contribution in [2.75, 3.05) is 32.1 Å². The summed E-state index contributed by atoms with van der Waals surface area (Å²) in [4.78, 5) is 4.17. The summed E-state index contributed by atoms with van der Waals surface area (Å²) in [7, 11) is -1.28. The number of sulfone groups is 1. The van der Waals surface area contributed by atoms with E-state index in [1.807, 2.05) is 6.92 Å². The van der Waals surface area contributed by atoms with Crippen LogP contribution in [0.3, 0.4) is 0 Å². The summed E-state index contributed by atoms with van der Waals surface area (Å²) >= 11 is 0. The monoisotopic (exact) mass is 355 g/mol. The first-order valence-electron chi connectivity index (χ1n) is 8.10. The van der Waals surface area contributed by atoms with E-state index in [2.05, 4.69) is 15.6 Å². The first-order chi connectivity index (χ1) is 11.2. The molecular weight excluding hydrogens is 329 g/mol. The normalized spacial score (nSPS) is 16.8. The lowest BCUT2D eigenvalue weighted by Gasteiger charge is -2.18. The summed E-state index contributed by atoms with van der Waals surface area (Å²) in [6.45, 7) is 3.17. The van der Waals surface area contributed by atoms with Crippen LogP contribution in [0.1, 0.15) is 24.0 Å². The number of hydrogen-bond acceptors (Lipinski definition) is 3. The molecule has 0 radical (unpaired) electrons. The third-order valence-electron chi connectivity index (χ3n) is 4.37. The Kier molecular flexibility index (Phi) is 5.85. The smallest absolute Gasteiger partial charge is 0.191 e. The van der Waals surface area contributed by atoms with Crippen LogP contribution in [0.5, 0.6) is 0 Å². The lowest BCUT2D eigenvalue weighted by molar-refractivity contribution is 0.529. The Morgan fingerprint density at radius 2 is 2.04 bits per heavy atom. The van der Waals surface area contributed by atoms with Gasteiger partial charge in [-0.25, -0.2) is 12.8 Å². The molecule has 0 spiro atoms. The largest absolute Gasteiger partial charge is 0.356 e. The number of aryl methyl sites for hydroxylation is 1. The van der Waals surface area contributed by atoms with E-state index in [9.17, 15) is 12.8 Å². The zero-order valence-corrected chi connectivity index (χ0v) is 15.3. The molecule has 1 aliphatic rings. The maximum absolute atomic E-state index is 13.1. The first kappa shape index (κ1) is 18.7. The number of guanidine groups is 1. The molecule has 0 heterocycles. The number of halogens is 1. The SMILES string of the molecule is CN=C(NCCc1ccc(F)cc1C)NCC1(CS(C)(=O)=O)CC1. The molecule has 2 N–H and O–H groups in total. The van der Waals surface area contributed by atoms with Gasteiger partial charge in [-0.3, -0.25) is 4.99 Å². The van der Waals surface area contributed by atoms with Crippen molar-refractivity contribution >= 4 is 15.8 Å².